The van der Waals surface area contributed by atoms with Gasteiger partial charge in [-0.25, -0.2) is 0 Å². The van der Waals surface area contributed by atoms with Crippen LogP contribution in [0, 0.1) is 0 Å². The molecule has 1 aromatic rings. The number of benzene rings is 1. The van der Waals surface area contributed by atoms with Crippen LogP contribution in [0.4, 0.5) is 0 Å². The molecule has 1 N–H and O–H groups in total. The maximum Gasteiger partial charge on any atom is 0.253 e. The van der Waals surface area contributed by atoms with E-state index >= 15 is 0 Å². The van der Waals surface area contributed by atoms with E-state index in [4.69, 9.17) is 9.47 Å². The molecule has 0 radical (unpaired) electrons. The van der Waals surface area contributed by atoms with Gasteiger partial charge in [0.05, 0.1) is 18.8 Å². The lowest BCUT2D eigenvalue weighted by atomic mass is 10.1. The topological polar surface area (TPSA) is 59.0 Å². The molecule has 3 rings (SSSR count). The average molecular weight is 261 g/mol. The number of ether oxygens (including phenoxy) is 2. The third kappa shape index (κ3) is 2.29. The number of hydrogen-bond donors (Lipinski definition) is 1. The Balaban J connectivity index is 1.84. The first-order valence-electron chi connectivity index (χ1n) is 6.28. The zero-order chi connectivity index (χ0) is 13.2. The first-order valence-corrected chi connectivity index (χ1v) is 6.28. The molecule has 0 aromatic heterocycles. The van der Waals surface area contributed by atoms with Gasteiger partial charge in [0, 0.05) is 18.7 Å². The van der Waals surface area contributed by atoms with Crippen LogP contribution >= 0.6 is 0 Å². The Morgan fingerprint density at radius 2 is 2.05 bits per heavy atom. The summed E-state index contributed by atoms with van der Waals surface area (Å²) in [5.74, 6) is 0.532. The van der Waals surface area contributed by atoms with E-state index in [0.717, 1.165) is 5.56 Å². The summed E-state index contributed by atoms with van der Waals surface area (Å²) in [6, 6.07) is 5.12. The molecule has 5 nitrogen and oxygen atoms in total. The van der Waals surface area contributed by atoms with Gasteiger partial charge >= 0.3 is 0 Å². The van der Waals surface area contributed by atoms with Crippen molar-refractivity contribution >= 4 is 12.0 Å². The fourth-order valence-electron chi connectivity index (χ4n) is 2.29. The van der Waals surface area contributed by atoms with Crippen molar-refractivity contribution in [2.75, 3.05) is 32.9 Å². The molecular weight excluding hydrogens is 246 g/mol. The largest absolute Gasteiger partial charge is 0.504 e. The number of morpholine rings is 1. The molecule has 0 atom stereocenters. The molecule has 2 aliphatic rings. The van der Waals surface area contributed by atoms with E-state index in [2.05, 4.69) is 0 Å². The van der Waals surface area contributed by atoms with E-state index in [1.807, 2.05) is 6.07 Å². The second-order valence-electron chi connectivity index (χ2n) is 4.56. The number of aromatic hydroxyl groups is 1. The summed E-state index contributed by atoms with van der Waals surface area (Å²) in [6.07, 6.45) is 1.79. The molecule has 1 saturated heterocycles. The Morgan fingerprint density at radius 3 is 2.84 bits per heavy atom. The highest BCUT2D eigenvalue weighted by atomic mass is 16.5. The second kappa shape index (κ2) is 4.93. The molecule has 1 amide bonds. The van der Waals surface area contributed by atoms with E-state index in [-0.39, 0.29) is 18.3 Å². The van der Waals surface area contributed by atoms with Gasteiger partial charge in [0.1, 0.15) is 6.61 Å². The van der Waals surface area contributed by atoms with Gasteiger partial charge in [0.15, 0.2) is 11.5 Å². The quantitative estimate of drug-likeness (QED) is 0.820. The standard InChI is InChI=1S/C14H15NO4/c16-12-3-1-2-10-8-11(9-19-13(10)12)14(17)15-4-6-18-7-5-15/h1-3,8,16H,4-7,9H2. The SMILES string of the molecule is O=C(C1=Cc2cccc(O)c2OC1)N1CCOCC1. The lowest BCUT2D eigenvalue weighted by molar-refractivity contribution is -0.131. The van der Waals surface area contributed by atoms with Crippen LogP contribution in [0.1, 0.15) is 5.56 Å². The minimum atomic E-state index is -0.0164. The molecule has 1 aromatic carbocycles. The molecule has 5 heteroatoms. The van der Waals surface area contributed by atoms with Gasteiger partial charge in [-0.05, 0) is 12.1 Å². The molecule has 0 unspecified atom stereocenters. The Kier molecular flexibility index (Phi) is 3.13. The van der Waals surface area contributed by atoms with Crippen molar-refractivity contribution in [2.24, 2.45) is 0 Å². The van der Waals surface area contributed by atoms with Crippen molar-refractivity contribution in [3.8, 4) is 11.5 Å². The number of nitrogens with zero attached hydrogens (tertiary/aromatic N) is 1. The first kappa shape index (κ1) is 12.0. The van der Waals surface area contributed by atoms with Crippen LogP contribution in [0.3, 0.4) is 0 Å². The lowest BCUT2D eigenvalue weighted by Gasteiger charge is -2.29. The summed E-state index contributed by atoms with van der Waals surface area (Å²) in [4.78, 5) is 14.1. The monoisotopic (exact) mass is 261 g/mol. The fourth-order valence-corrected chi connectivity index (χ4v) is 2.29. The summed E-state index contributed by atoms with van der Waals surface area (Å²) in [6.45, 7) is 2.58. The molecule has 0 bridgehead atoms. The fraction of sp³-hybridized carbons (Fsp3) is 0.357. The summed E-state index contributed by atoms with van der Waals surface area (Å²) in [5, 5.41) is 9.66. The third-order valence-electron chi connectivity index (χ3n) is 3.30. The van der Waals surface area contributed by atoms with Crippen molar-refractivity contribution in [3.05, 3.63) is 29.3 Å². The highest BCUT2D eigenvalue weighted by Gasteiger charge is 2.24. The number of carbonyl (C=O) groups excluding carboxylic acids is 1. The van der Waals surface area contributed by atoms with Gasteiger partial charge in [-0.2, -0.15) is 0 Å². The van der Waals surface area contributed by atoms with Gasteiger partial charge in [-0.15, -0.1) is 0 Å². The second-order valence-corrected chi connectivity index (χ2v) is 4.56. The Labute approximate surface area is 111 Å². The Morgan fingerprint density at radius 1 is 1.26 bits per heavy atom. The minimum absolute atomic E-state index is 0.0164. The van der Waals surface area contributed by atoms with E-state index in [0.29, 0.717) is 37.6 Å². The summed E-state index contributed by atoms with van der Waals surface area (Å²) >= 11 is 0. The summed E-state index contributed by atoms with van der Waals surface area (Å²) < 4.78 is 10.7. The van der Waals surface area contributed by atoms with Crippen LogP contribution in [0.15, 0.2) is 23.8 Å². The van der Waals surface area contributed by atoms with Crippen LogP contribution in [-0.4, -0.2) is 48.8 Å². The first-order chi connectivity index (χ1) is 9.25. The van der Waals surface area contributed by atoms with Gasteiger partial charge in [-0.3, -0.25) is 4.79 Å². The van der Waals surface area contributed by atoms with Gasteiger partial charge in [0.25, 0.3) is 5.91 Å². The zero-order valence-corrected chi connectivity index (χ0v) is 10.5. The van der Waals surface area contributed by atoms with Crippen molar-refractivity contribution in [1.82, 2.24) is 4.90 Å². The van der Waals surface area contributed by atoms with Crippen molar-refractivity contribution < 1.29 is 19.4 Å². The number of rotatable bonds is 1. The number of phenolic OH excluding ortho intramolecular Hbond substituents is 1. The van der Waals surface area contributed by atoms with Gasteiger partial charge < -0.3 is 19.5 Å². The van der Waals surface area contributed by atoms with Gasteiger partial charge in [-0.1, -0.05) is 12.1 Å². The van der Waals surface area contributed by atoms with Crippen molar-refractivity contribution in [1.29, 1.82) is 0 Å². The van der Waals surface area contributed by atoms with Crippen LogP contribution in [0.25, 0.3) is 6.08 Å². The molecule has 100 valence electrons. The number of hydrogen-bond acceptors (Lipinski definition) is 4. The molecule has 0 aliphatic carbocycles. The number of amides is 1. The number of fused-ring (bicyclic) bond motifs is 1. The van der Waals surface area contributed by atoms with E-state index in [9.17, 15) is 9.90 Å². The van der Waals surface area contributed by atoms with Crippen molar-refractivity contribution in [2.45, 2.75) is 0 Å². The van der Waals surface area contributed by atoms with Crippen LogP contribution in [0.2, 0.25) is 0 Å². The van der Waals surface area contributed by atoms with Crippen molar-refractivity contribution in [3.63, 3.8) is 0 Å². The van der Waals surface area contributed by atoms with E-state index in [1.54, 1.807) is 23.1 Å². The summed E-state index contributed by atoms with van der Waals surface area (Å²) in [7, 11) is 0. The highest BCUT2D eigenvalue weighted by Crippen LogP contribution is 2.34. The summed E-state index contributed by atoms with van der Waals surface area (Å²) in [5.41, 5.74) is 1.35. The number of phenols is 1. The molecule has 2 aliphatic heterocycles. The normalized spacial score (nSPS) is 18.3. The number of carbonyl (C=O) groups is 1. The molecule has 0 saturated carbocycles. The van der Waals surface area contributed by atoms with Crippen LogP contribution in [-0.2, 0) is 9.53 Å². The third-order valence-corrected chi connectivity index (χ3v) is 3.30. The average Bonchev–Trinajstić information content (AvgIpc) is 2.47. The molecular formula is C14H15NO4. The molecule has 0 spiro atoms. The predicted octanol–water partition coefficient (Wildman–Crippen LogP) is 1.03. The lowest BCUT2D eigenvalue weighted by Crippen LogP contribution is -2.42. The van der Waals surface area contributed by atoms with Crippen LogP contribution in [0.5, 0.6) is 11.5 Å². The Hall–Kier alpha value is -2.01. The molecule has 1 fully saturated rings. The zero-order valence-electron chi connectivity index (χ0n) is 10.5. The maximum absolute atomic E-state index is 12.3. The smallest absolute Gasteiger partial charge is 0.253 e. The highest BCUT2D eigenvalue weighted by molar-refractivity contribution is 5.99. The molecule has 2 heterocycles. The predicted molar refractivity (Wildman–Crippen MR) is 69.0 cm³/mol. The Bertz CT molecular complexity index is 532. The van der Waals surface area contributed by atoms with Gasteiger partial charge in [0.2, 0.25) is 0 Å². The maximum atomic E-state index is 12.3. The molecule has 19 heavy (non-hydrogen) atoms. The van der Waals surface area contributed by atoms with E-state index < -0.39 is 0 Å². The minimum Gasteiger partial charge on any atom is -0.504 e. The van der Waals surface area contributed by atoms with E-state index in [1.165, 1.54) is 0 Å². The number of para-hydroxylation sites is 1. The van der Waals surface area contributed by atoms with Crippen LogP contribution < -0.4 is 4.74 Å².